The summed E-state index contributed by atoms with van der Waals surface area (Å²) in [6.07, 6.45) is 0.609. The Balaban J connectivity index is 2.89. The number of carbonyl (C=O) groups excluding carboxylic acids is 1. The van der Waals surface area contributed by atoms with E-state index in [9.17, 15) is 17.6 Å². The van der Waals surface area contributed by atoms with E-state index in [0.717, 1.165) is 12.1 Å². The molecule has 1 unspecified atom stereocenters. The van der Waals surface area contributed by atoms with Crippen molar-refractivity contribution >= 4 is 15.6 Å². The van der Waals surface area contributed by atoms with E-state index < -0.39 is 21.4 Å². The number of benzene rings is 1. The third-order valence-electron chi connectivity index (χ3n) is 2.67. The maximum Gasteiger partial charge on any atom is 0.185 e. The second-order valence-corrected chi connectivity index (χ2v) is 5.98. The summed E-state index contributed by atoms with van der Waals surface area (Å²) in [4.78, 5) is 11.6. The number of Topliss-reactive ketones (excluding diaryl/α,β-unsaturated/α-hetero) is 1. The Labute approximate surface area is 101 Å². The van der Waals surface area contributed by atoms with Gasteiger partial charge < -0.3 is 0 Å². The smallest absolute Gasteiger partial charge is 0.185 e. The van der Waals surface area contributed by atoms with Gasteiger partial charge in [-0.25, -0.2) is 12.8 Å². The van der Waals surface area contributed by atoms with Gasteiger partial charge in [0.15, 0.2) is 15.6 Å². The Bertz CT molecular complexity index is 491. The number of hydrogen-bond acceptors (Lipinski definition) is 3. The Morgan fingerprint density at radius 3 is 2.29 bits per heavy atom. The van der Waals surface area contributed by atoms with Gasteiger partial charge in [0.1, 0.15) is 11.6 Å². The second kappa shape index (κ2) is 5.40. The van der Waals surface area contributed by atoms with Crippen LogP contribution in [-0.4, -0.2) is 20.0 Å². The van der Waals surface area contributed by atoms with Gasteiger partial charge in [0.25, 0.3) is 0 Å². The molecule has 0 radical (unpaired) electrons. The molecule has 0 aliphatic carbocycles. The third kappa shape index (κ3) is 3.63. The number of halogens is 1. The zero-order valence-electron chi connectivity index (χ0n) is 9.81. The Morgan fingerprint density at radius 1 is 1.29 bits per heavy atom. The van der Waals surface area contributed by atoms with Crippen molar-refractivity contribution in [2.24, 2.45) is 5.92 Å². The van der Waals surface area contributed by atoms with Crippen molar-refractivity contribution in [1.82, 2.24) is 0 Å². The molecule has 3 nitrogen and oxygen atoms in total. The van der Waals surface area contributed by atoms with Gasteiger partial charge in [-0.15, -0.1) is 0 Å². The summed E-state index contributed by atoms with van der Waals surface area (Å²) in [5.74, 6) is -1.60. The lowest BCUT2D eigenvalue weighted by Gasteiger charge is -2.08. The minimum atomic E-state index is -3.65. The molecule has 1 atom stereocenters. The van der Waals surface area contributed by atoms with Crippen LogP contribution < -0.4 is 0 Å². The largest absolute Gasteiger partial charge is 0.298 e. The van der Waals surface area contributed by atoms with Gasteiger partial charge in [0, 0.05) is 5.92 Å². The highest BCUT2D eigenvalue weighted by atomic mass is 32.2. The summed E-state index contributed by atoms with van der Waals surface area (Å²) in [6.45, 7) is 3.52. The summed E-state index contributed by atoms with van der Waals surface area (Å²) in [5, 5.41) is 0. The normalized spacial score (nSPS) is 13.4. The highest BCUT2D eigenvalue weighted by Crippen LogP contribution is 2.14. The van der Waals surface area contributed by atoms with Crippen LogP contribution in [0.15, 0.2) is 29.2 Å². The van der Waals surface area contributed by atoms with Crippen molar-refractivity contribution in [2.45, 2.75) is 25.2 Å². The van der Waals surface area contributed by atoms with Gasteiger partial charge in [-0.2, -0.15) is 0 Å². The molecule has 0 N–H and O–H groups in total. The van der Waals surface area contributed by atoms with Crippen molar-refractivity contribution in [3.8, 4) is 0 Å². The minimum absolute atomic E-state index is 0.0180. The third-order valence-corrected chi connectivity index (χ3v) is 4.32. The molecular weight excluding hydrogens is 243 g/mol. The van der Waals surface area contributed by atoms with E-state index in [1.165, 1.54) is 12.1 Å². The fourth-order valence-electron chi connectivity index (χ4n) is 1.28. The predicted molar refractivity (Wildman–Crippen MR) is 62.9 cm³/mol. The number of carbonyl (C=O) groups is 1. The maximum atomic E-state index is 12.7. The van der Waals surface area contributed by atoms with Gasteiger partial charge in [0.2, 0.25) is 0 Å². The van der Waals surface area contributed by atoms with E-state index in [1.807, 2.05) is 6.92 Å². The molecule has 0 fully saturated rings. The van der Waals surface area contributed by atoms with Crippen LogP contribution in [0.1, 0.15) is 20.3 Å². The van der Waals surface area contributed by atoms with E-state index in [2.05, 4.69) is 0 Å². The van der Waals surface area contributed by atoms with Gasteiger partial charge in [0.05, 0.1) is 4.90 Å². The molecule has 1 aromatic rings. The van der Waals surface area contributed by atoms with Crippen LogP contribution in [-0.2, 0) is 14.6 Å². The van der Waals surface area contributed by atoms with Crippen LogP contribution in [0.4, 0.5) is 4.39 Å². The summed E-state index contributed by atoms with van der Waals surface area (Å²) < 4.78 is 36.3. The van der Waals surface area contributed by atoms with Gasteiger partial charge >= 0.3 is 0 Å². The molecule has 0 aromatic heterocycles. The van der Waals surface area contributed by atoms with Gasteiger partial charge in [-0.05, 0) is 30.7 Å². The van der Waals surface area contributed by atoms with Crippen molar-refractivity contribution in [3.05, 3.63) is 30.1 Å². The second-order valence-electron chi connectivity index (χ2n) is 3.99. The maximum absolute atomic E-state index is 12.7. The number of hydrogen-bond donors (Lipinski definition) is 0. The van der Waals surface area contributed by atoms with Crippen LogP contribution in [0.3, 0.4) is 0 Å². The lowest BCUT2D eigenvalue weighted by molar-refractivity contribution is -0.119. The molecule has 0 aliphatic heterocycles. The van der Waals surface area contributed by atoms with Crippen molar-refractivity contribution < 1.29 is 17.6 Å². The van der Waals surface area contributed by atoms with Crippen molar-refractivity contribution in [1.29, 1.82) is 0 Å². The molecular formula is C12H15FO3S. The lowest BCUT2D eigenvalue weighted by Crippen LogP contribution is -2.21. The van der Waals surface area contributed by atoms with Gasteiger partial charge in [-0.3, -0.25) is 4.79 Å². The summed E-state index contributed by atoms with van der Waals surface area (Å²) in [6, 6.07) is 4.49. The van der Waals surface area contributed by atoms with E-state index >= 15 is 0 Å². The first-order chi connectivity index (χ1) is 7.86. The number of sulfone groups is 1. The first kappa shape index (κ1) is 13.8. The topological polar surface area (TPSA) is 51.2 Å². The average Bonchev–Trinajstić information content (AvgIpc) is 2.27. The first-order valence-corrected chi connectivity index (χ1v) is 7.03. The monoisotopic (exact) mass is 258 g/mol. The molecule has 17 heavy (non-hydrogen) atoms. The molecule has 1 rings (SSSR count). The van der Waals surface area contributed by atoms with E-state index in [0.29, 0.717) is 6.42 Å². The molecule has 94 valence electrons. The van der Waals surface area contributed by atoms with E-state index in [1.54, 1.807) is 6.92 Å². The quantitative estimate of drug-likeness (QED) is 0.761. The SMILES string of the molecule is CCC(C)C(=O)CS(=O)(=O)c1ccc(F)cc1. The number of ketones is 1. The lowest BCUT2D eigenvalue weighted by atomic mass is 10.1. The fraction of sp³-hybridized carbons (Fsp3) is 0.417. The van der Waals surface area contributed by atoms with Crippen molar-refractivity contribution in [3.63, 3.8) is 0 Å². The molecule has 1 aromatic carbocycles. The summed E-state index contributed by atoms with van der Waals surface area (Å²) in [7, 11) is -3.65. The van der Waals surface area contributed by atoms with E-state index in [-0.39, 0.29) is 16.6 Å². The zero-order valence-corrected chi connectivity index (χ0v) is 10.6. The van der Waals surface area contributed by atoms with Crippen LogP contribution in [0.2, 0.25) is 0 Å². The minimum Gasteiger partial charge on any atom is -0.298 e. The Hall–Kier alpha value is -1.23. The standard InChI is InChI=1S/C12H15FO3S/c1-3-9(2)12(14)8-17(15,16)11-6-4-10(13)5-7-11/h4-7,9H,3,8H2,1-2H3. The first-order valence-electron chi connectivity index (χ1n) is 5.38. The molecule has 0 aliphatic rings. The number of rotatable bonds is 5. The van der Waals surface area contributed by atoms with Crippen molar-refractivity contribution in [2.75, 3.05) is 5.75 Å². The zero-order chi connectivity index (χ0) is 13.1. The van der Waals surface area contributed by atoms with Crippen LogP contribution in [0.5, 0.6) is 0 Å². The highest BCUT2D eigenvalue weighted by molar-refractivity contribution is 7.92. The fourth-order valence-corrected chi connectivity index (χ4v) is 2.66. The molecule has 0 bridgehead atoms. The molecule has 0 saturated carbocycles. The van der Waals surface area contributed by atoms with Gasteiger partial charge in [-0.1, -0.05) is 13.8 Å². The summed E-state index contributed by atoms with van der Waals surface area (Å²) in [5.41, 5.74) is 0. The molecule has 5 heteroatoms. The molecule has 0 heterocycles. The molecule has 0 spiro atoms. The predicted octanol–water partition coefficient (Wildman–Crippen LogP) is 2.21. The van der Waals surface area contributed by atoms with Crippen LogP contribution in [0, 0.1) is 11.7 Å². The summed E-state index contributed by atoms with van der Waals surface area (Å²) >= 11 is 0. The highest BCUT2D eigenvalue weighted by Gasteiger charge is 2.22. The van der Waals surface area contributed by atoms with E-state index in [4.69, 9.17) is 0 Å². The molecule has 0 saturated heterocycles. The van der Waals surface area contributed by atoms with Crippen LogP contribution in [0.25, 0.3) is 0 Å². The molecule has 0 amide bonds. The Kier molecular flexibility index (Phi) is 4.40. The van der Waals surface area contributed by atoms with Crippen LogP contribution >= 0.6 is 0 Å². The average molecular weight is 258 g/mol. The Morgan fingerprint density at radius 2 is 1.82 bits per heavy atom.